The average molecular weight is 342 g/mol. The number of para-hydroxylation sites is 1. The highest BCUT2D eigenvalue weighted by Gasteiger charge is 2.09. The van der Waals surface area contributed by atoms with Gasteiger partial charge in [-0.25, -0.2) is 4.98 Å². The van der Waals surface area contributed by atoms with Crippen molar-refractivity contribution in [3.8, 4) is 11.6 Å². The van der Waals surface area contributed by atoms with Gasteiger partial charge in [-0.05, 0) is 29.8 Å². The summed E-state index contributed by atoms with van der Waals surface area (Å²) in [7, 11) is 0. The summed E-state index contributed by atoms with van der Waals surface area (Å²) in [4.78, 5) is 8.39. The van der Waals surface area contributed by atoms with Gasteiger partial charge in [-0.1, -0.05) is 41.9 Å². The van der Waals surface area contributed by atoms with E-state index in [1.165, 1.54) is 0 Å². The summed E-state index contributed by atoms with van der Waals surface area (Å²) >= 11 is 5.93. The van der Waals surface area contributed by atoms with Crippen LogP contribution in [0.4, 0.5) is 5.95 Å². The number of benzene rings is 2. The summed E-state index contributed by atoms with van der Waals surface area (Å²) in [6.45, 7) is 0.259. The van der Waals surface area contributed by atoms with Gasteiger partial charge in [0.25, 0.3) is 0 Å². The van der Waals surface area contributed by atoms with E-state index in [1.807, 2.05) is 36.4 Å². The number of nitrogens with zero attached hydrogens (tertiary/aromatic N) is 2. The third-order valence-corrected chi connectivity index (χ3v) is 3.52. The maximum atomic E-state index is 10.2. The van der Waals surface area contributed by atoms with E-state index in [-0.39, 0.29) is 6.54 Å². The van der Waals surface area contributed by atoms with Crippen molar-refractivity contribution in [3.63, 3.8) is 0 Å². The van der Waals surface area contributed by atoms with Crippen molar-refractivity contribution in [2.75, 3.05) is 11.9 Å². The van der Waals surface area contributed by atoms with E-state index >= 15 is 0 Å². The molecule has 1 aromatic heterocycles. The number of hydrogen-bond acceptors (Lipinski definition) is 5. The van der Waals surface area contributed by atoms with Gasteiger partial charge in [0.05, 0.1) is 6.10 Å². The molecule has 122 valence electrons. The molecule has 2 aromatic carbocycles. The third-order valence-electron chi connectivity index (χ3n) is 3.28. The van der Waals surface area contributed by atoms with Crippen molar-refractivity contribution >= 4 is 17.5 Å². The highest BCUT2D eigenvalue weighted by molar-refractivity contribution is 6.30. The molecule has 0 fully saturated rings. The third kappa shape index (κ3) is 4.44. The first kappa shape index (κ1) is 16.2. The van der Waals surface area contributed by atoms with Crippen LogP contribution in [0.1, 0.15) is 11.7 Å². The lowest BCUT2D eigenvalue weighted by Gasteiger charge is -2.13. The van der Waals surface area contributed by atoms with Crippen LogP contribution in [0.15, 0.2) is 66.9 Å². The van der Waals surface area contributed by atoms with E-state index in [0.29, 0.717) is 22.6 Å². The minimum Gasteiger partial charge on any atom is -0.439 e. The Morgan fingerprint density at radius 2 is 1.92 bits per heavy atom. The minimum absolute atomic E-state index is 0.259. The fourth-order valence-corrected chi connectivity index (χ4v) is 2.31. The summed E-state index contributed by atoms with van der Waals surface area (Å²) in [6, 6.07) is 18.1. The number of aromatic nitrogens is 2. The number of ether oxygens (including phenoxy) is 1. The molecule has 0 amide bonds. The molecule has 3 aromatic rings. The number of anilines is 1. The Hall–Kier alpha value is -2.63. The van der Waals surface area contributed by atoms with Crippen LogP contribution in [0.3, 0.4) is 0 Å². The van der Waals surface area contributed by atoms with Gasteiger partial charge >= 0.3 is 0 Å². The fourth-order valence-electron chi connectivity index (χ4n) is 2.11. The van der Waals surface area contributed by atoms with Crippen LogP contribution >= 0.6 is 11.6 Å². The highest BCUT2D eigenvalue weighted by atomic mass is 35.5. The molecular formula is C18H16ClN3O2. The van der Waals surface area contributed by atoms with E-state index < -0.39 is 6.10 Å². The molecule has 0 aliphatic heterocycles. The zero-order chi connectivity index (χ0) is 16.8. The molecule has 6 heteroatoms. The highest BCUT2D eigenvalue weighted by Crippen LogP contribution is 2.20. The van der Waals surface area contributed by atoms with E-state index in [9.17, 15) is 5.11 Å². The number of rotatable bonds is 6. The summed E-state index contributed by atoms with van der Waals surface area (Å²) in [5, 5.41) is 13.8. The van der Waals surface area contributed by atoms with Crippen LogP contribution < -0.4 is 10.1 Å². The molecule has 1 atom stereocenters. The summed E-state index contributed by atoms with van der Waals surface area (Å²) in [5.74, 6) is 1.50. The number of halogens is 1. The molecule has 1 unspecified atom stereocenters. The second-order valence-electron chi connectivity index (χ2n) is 5.09. The number of nitrogens with one attached hydrogen (secondary N) is 1. The molecule has 3 rings (SSSR count). The predicted molar refractivity (Wildman–Crippen MR) is 93.4 cm³/mol. The van der Waals surface area contributed by atoms with Crippen LogP contribution in [0.5, 0.6) is 11.6 Å². The van der Waals surface area contributed by atoms with Crippen molar-refractivity contribution in [2.45, 2.75) is 6.10 Å². The zero-order valence-corrected chi connectivity index (χ0v) is 13.5. The Morgan fingerprint density at radius 1 is 1.08 bits per heavy atom. The molecule has 1 heterocycles. The lowest BCUT2D eigenvalue weighted by molar-refractivity contribution is 0.191. The van der Waals surface area contributed by atoms with Gasteiger partial charge < -0.3 is 15.2 Å². The molecule has 24 heavy (non-hydrogen) atoms. The van der Waals surface area contributed by atoms with Gasteiger partial charge in [0.1, 0.15) is 5.75 Å². The maximum absolute atomic E-state index is 10.2. The Bertz CT molecular complexity index is 799. The molecule has 2 N–H and O–H groups in total. The molecular weight excluding hydrogens is 326 g/mol. The standard InChI is InChI=1S/C18H16ClN3O2/c19-14-6-4-5-13(11-14)16(23)12-21-18-20-10-9-17(22-18)24-15-7-2-1-3-8-15/h1-11,16,23H,12H2,(H,20,21,22). The minimum atomic E-state index is -0.717. The zero-order valence-electron chi connectivity index (χ0n) is 12.8. The van der Waals surface area contributed by atoms with Gasteiger partial charge in [0, 0.05) is 23.8 Å². The molecule has 0 bridgehead atoms. The maximum Gasteiger partial charge on any atom is 0.226 e. The Kier molecular flexibility index (Phi) is 5.25. The van der Waals surface area contributed by atoms with Gasteiger partial charge in [-0.3, -0.25) is 0 Å². The van der Waals surface area contributed by atoms with Crippen LogP contribution in [-0.2, 0) is 0 Å². The van der Waals surface area contributed by atoms with Gasteiger partial charge in [0.2, 0.25) is 11.8 Å². The van der Waals surface area contributed by atoms with Gasteiger partial charge in [0.15, 0.2) is 0 Å². The quantitative estimate of drug-likeness (QED) is 0.707. The second kappa shape index (κ2) is 7.77. The van der Waals surface area contributed by atoms with Gasteiger partial charge in [-0.15, -0.1) is 0 Å². The first-order chi connectivity index (χ1) is 11.7. The van der Waals surface area contributed by atoms with E-state index in [0.717, 1.165) is 5.56 Å². The topological polar surface area (TPSA) is 67.3 Å². The van der Waals surface area contributed by atoms with E-state index in [4.69, 9.17) is 16.3 Å². The average Bonchev–Trinajstić information content (AvgIpc) is 2.61. The van der Waals surface area contributed by atoms with E-state index in [2.05, 4.69) is 15.3 Å². The lowest BCUT2D eigenvalue weighted by Crippen LogP contribution is -2.14. The molecule has 0 radical (unpaired) electrons. The predicted octanol–water partition coefficient (Wildman–Crippen LogP) is 4.07. The molecule has 0 aliphatic rings. The molecule has 0 saturated carbocycles. The smallest absolute Gasteiger partial charge is 0.226 e. The Balaban J connectivity index is 1.62. The van der Waals surface area contributed by atoms with Crippen molar-refractivity contribution in [1.82, 2.24) is 9.97 Å². The summed E-state index contributed by atoms with van der Waals surface area (Å²) in [5.41, 5.74) is 0.728. The summed E-state index contributed by atoms with van der Waals surface area (Å²) < 4.78 is 5.66. The lowest BCUT2D eigenvalue weighted by atomic mass is 10.1. The first-order valence-electron chi connectivity index (χ1n) is 7.44. The SMILES string of the molecule is OC(CNc1nccc(Oc2ccccc2)n1)c1cccc(Cl)c1. The molecule has 5 nitrogen and oxygen atoms in total. The normalized spacial score (nSPS) is 11.8. The van der Waals surface area contributed by atoms with Crippen LogP contribution in [-0.4, -0.2) is 21.6 Å². The van der Waals surface area contributed by atoms with Crippen LogP contribution in [0.2, 0.25) is 5.02 Å². The Morgan fingerprint density at radius 3 is 2.71 bits per heavy atom. The van der Waals surface area contributed by atoms with Crippen LogP contribution in [0, 0.1) is 0 Å². The largest absolute Gasteiger partial charge is 0.439 e. The molecule has 0 saturated heterocycles. The monoisotopic (exact) mass is 341 g/mol. The molecule has 0 aliphatic carbocycles. The number of hydrogen-bond donors (Lipinski definition) is 2. The number of aliphatic hydroxyl groups excluding tert-OH is 1. The van der Waals surface area contributed by atoms with E-state index in [1.54, 1.807) is 30.5 Å². The van der Waals surface area contributed by atoms with Crippen LogP contribution in [0.25, 0.3) is 0 Å². The van der Waals surface area contributed by atoms with Crippen molar-refractivity contribution in [2.24, 2.45) is 0 Å². The fraction of sp³-hybridized carbons (Fsp3) is 0.111. The summed E-state index contributed by atoms with van der Waals surface area (Å²) in [6.07, 6.45) is 0.880. The second-order valence-corrected chi connectivity index (χ2v) is 5.52. The van der Waals surface area contributed by atoms with Gasteiger partial charge in [-0.2, -0.15) is 4.98 Å². The number of aliphatic hydroxyl groups is 1. The molecule has 0 spiro atoms. The Labute approximate surface area is 144 Å². The van der Waals surface area contributed by atoms with Crippen molar-refractivity contribution in [3.05, 3.63) is 77.4 Å². The van der Waals surface area contributed by atoms with Crippen molar-refractivity contribution in [1.29, 1.82) is 0 Å². The van der Waals surface area contributed by atoms with Crippen molar-refractivity contribution < 1.29 is 9.84 Å². The first-order valence-corrected chi connectivity index (χ1v) is 7.82.